The number of carbonyl (C=O) groups excluding carboxylic acids is 1. The zero-order valence-electron chi connectivity index (χ0n) is 14.1. The number of urea groups is 1. The van der Waals surface area contributed by atoms with Crippen molar-refractivity contribution in [1.82, 2.24) is 0 Å². The monoisotopic (exact) mass is 413 g/mol. The van der Waals surface area contributed by atoms with E-state index in [-0.39, 0.29) is 10.9 Å². The molecule has 1 atom stereocenters. The molecule has 2 amide bonds. The Morgan fingerprint density at radius 1 is 1.26 bits per heavy atom. The van der Waals surface area contributed by atoms with Gasteiger partial charge in [0.25, 0.3) is 0 Å². The van der Waals surface area contributed by atoms with Gasteiger partial charge in [0.05, 0.1) is 17.8 Å². The molecule has 0 aliphatic carbocycles. The fourth-order valence-electron chi connectivity index (χ4n) is 2.44. The van der Waals surface area contributed by atoms with Crippen LogP contribution in [0.4, 0.5) is 29.3 Å². The normalized spacial score (nSPS) is 16.8. The Hall–Kier alpha value is -2.19. The number of halogens is 4. The SMILES string of the molecule is CC1CN=C(N(C(=O)Nc2cccc(C(F)(F)F)c2)c2ccc(Cl)cc2)S1. The second-order valence-electron chi connectivity index (χ2n) is 5.87. The molecule has 0 fully saturated rings. The fourth-order valence-corrected chi connectivity index (χ4v) is 3.52. The number of amides is 2. The number of thioether (sulfide) groups is 1. The molecule has 142 valence electrons. The molecule has 0 aromatic heterocycles. The maximum absolute atomic E-state index is 12.9. The summed E-state index contributed by atoms with van der Waals surface area (Å²) in [6.45, 7) is 2.53. The van der Waals surface area contributed by atoms with Gasteiger partial charge in [-0.25, -0.2) is 9.69 Å². The second kappa shape index (κ2) is 7.82. The molecule has 1 aliphatic heterocycles. The minimum Gasteiger partial charge on any atom is -0.307 e. The topological polar surface area (TPSA) is 44.7 Å². The molecule has 1 heterocycles. The van der Waals surface area contributed by atoms with Crippen LogP contribution < -0.4 is 10.2 Å². The average molecular weight is 414 g/mol. The highest BCUT2D eigenvalue weighted by molar-refractivity contribution is 8.15. The van der Waals surface area contributed by atoms with Crippen LogP contribution in [-0.4, -0.2) is 23.0 Å². The quantitative estimate of drug-likeness (QED) is 0.667. The summed E-state index contributed by atoms with van der Waals surface area (Å²) in [6, 6.07) is 10.5. The summed E-state index contributed by atoms with van der Waals surface area (Å²) in [5.41, 5.74) is -0.269. The highest BCUT2D eigenvalue weighted by atomic mass is 35.5. The van der Waals surface area contributed by atoms with E-state index >= 15 is 0 Å². The van der Waals surface area contributed by atoms with Crippen LogP contribution in [0.25, 0.3) is 0 Å². The van der Waals surface area contributed by atoms with Gasteiger partial charge in [-0.3, -0.25) is 4.99 Å². The zero-order chi connectivity index (χ0) is 19.6. The number of hydrogen-bond donors (Lipinski definition) is 1. The molecule has 1 aliphatic rings. The third-order valence-corrected chi connectivity index (χ3v) is 5.04. The Morgan fingerprint density at radius 2 is 1.96 bits per heavy atom. The van der Waals surface area contributed by atoms with Gasteiger partial charge in [-0.1, -0.05) is 36.4 Å². The van der Waals surface area contributed by atoms with Crippen LogP contribution in [0.15, 0.2) is 53.5 Å². The fraction of sp³-hybridized carbons (Fsp3) is 0.222. The summed E-state index contributed by atoms with van der Waals surface area (Å²) in [5.74, 6) is 0. The standard InChI is InChI=1S/C18H15ClF3N3OS/c1-11-10-23-17(27-11)25(15-7-5-13(19)6-8-15)16(26)24-14-4-2-3-12(9-14)18(20,21)22/h2-9,11H,10H2,1H3,(H,24,26). The molecular weight excluding hydrogens is 399 g/mol. The number of carbonyl (C=O) groups is 1. The lowest BCUT2D eigenvalue weighted by Crippen LogP contribution is -2.38. The summed E-state index contributed by atoms with van der Waals surface area (Å²) >= 11 is 7.33. The van der Waals surface area contributed by atoms with Gasteiger partial charge in [-0.15, -0.1) is 0 Å². The van der Waals surface area contributed by atoms with E-state index in [1.807, 2.05) is 6.92 Å². The van der Waals surface area contributed by atoms with Crippen molar-refractivity contribution in [2.75, 3.05) is 16.8 Å². The molecule has 0 spiro atoms. The van der Waals surface area contributed by atoms with Crippen molar-refractivity contribution in [2.45, 2.75) is 18.3 Å². The van der Waals surface area contributed by atoms with Crippen molar-refractivity contribution in [3.8, 4) is 0 Å². The summed E-state index contributed by atoms with van der Waals surface area (Å²) in [4.78, 5) is 18.6. The van der Waals surface area contributed by atoms with Crippen LogP contribution >= 0.6 is 23.4 Å². The molecular formula is C18H15ClF3N3OS. The Bertz CT molecular complexity index is 871. The molecule has 27 heavy (non-hydrogen) atoms. The summed E-state index contributed by atoms with van der Waals surface area (Å²) in [6.07, 6.45) is -4.49. The highest BCUT2D eigenvalue weighted by Crippen LogP contribution is 2.32. The van der Waals surface area contributed by atoms with Crippen molar-refractivity contribution in [3.05, 3.63) is 59.1 Å². The molecule has 1 unspecified atom stereocenters. The van der Waals surface area contributed by atoms with Gasteiger partial charge >= 0.3 is 12.2 Å². The largest absolute Gasteiger partial charge is 0.416 e. The van der Waals surface area contributed by atoms with Crippen molar-refractivity contribution in [3.63, 3.8) is 0 Å². The Labute approximate surface area is 163 Å². The first kappa shape index (κ1) is 19.6. The molecule has 0 bridgehead atoms. The maximum atomic E-state index is 12.9. The van der Waals surface area contributed by atoms with Gasteiger partial charge in [-0.2, -0.15) is 13.2 Å². The molecule has 9 heteroatoms. The first-order chi connectivity index (χ1) is 12.7. The lowest BCUT2D eigenvalue weighted by molar-refractivity contribution is -0.137. The third-order valence-electron chi connectivity index (χ3n) is 3.71. The van der Waals surface area contributed by atoms with Gasteiger partial charge < -0.3 is 5.32 Å². The van der Waals surface area contributed by atoms with E-state index < -0.39 is 17.8 Å². The third kappa shape index (κ3) is 4.75. The first-order valence-electron chi connectivity index (χ1n) is 7.99. The van der Waals surface area contributed by atoms with E-state index in [0.29, 0.717) is 22.4 Å². The number of rotatable bonds is 2. The first-order valence-corrected chi connectivity index (χ1v) is 9.25. The number of nitrogens with one attached hydrogen (secondary N) is 1. The van der Waals surface area contributed by atoms with E-state index in [0.717, 1.165) is 12.1 Å². The van der Waals surface area contributed by atoms with Crippen molar-refractivity contribution in [1.29, 1.82) is 0 Å². The molecule has 2 aromatic rings. The van der Waals surface area contributed by atoms with Crippen LogP contribution in [0.5, 0.6) is 0 Å². The lowest BCUT2D eigenvalue weighted by atomic mass is 10.2. The summed E-state index contributed by atoms with van der Waals surface area (Å²) in [5, 5.41) is 3.71. The Kier molecular flexibility index (Phi) is 5.67. The van der Waals surface area contributed by atoms with Crippen LogP contribution in [-0.2, 0) is 6.18 Å². The summed E-state index contributed by atoms with van der Waals surface area (Å²) in [7, 11) is 0. The minimum atomic E-state index is -4.49. The molecule has 0 radical (unpaired) electrons. The van der Waals surface area contributed by atoms with Crippen molar-refractivity contribution in [2.24, 2.45) is 4.99 Å². The number of aliphatic imine (C=N–C) groups is 1. The van der Waals surface area contributed by atoms with Crippen LogP contribution in [0.1, 0.15) is 12.5 Å². The molecule has 4 nitrogen and oxygen atoms in total. The van der Waals surface area contributed by atoms with E-state index in [4.69, 9.17) is 11.6 Å². The lowest BCUT2D eigenvalue weighted by Gasteiger charge is -2.23. The van der Waals surface area contributed by atoms with Crippen molar-refractivity contribution >= 4 is 45.9 Å². The average Bonchev–Trinajstić information content (AvgIpc) is 3.02. The second-order valence-corrected chi connectivity index (χ2v) is 7.71. The van der Waals surface area contributed by atoms with Crippen LogP contribution in [0.2, 0.25) is 5.02 Å². The van der Waals surface area contributed by atoms with E-state index in [1.54, 1.807) is 24.3 Å². The maximum Gasteiger partial charge on any atom is 0.416 e. The van der Waals surface area contributed by atoms with Crippen LogP contribution in [0, 0.1) is 0 Å². The smallest absolute Gasteiger partial charge is 0.307 e. The molecule has 1 N–H and O–H groups in total. The van der Waals surface area contributed by atoms with E-state index in [2.05, 4.69) is 10.3 Å². The van der Waals surface area contributed by atoms with Gasteiger partial charge in [0.15, 0.2) is 5.17 Å². The Balaban J connectivity index is 1.89. The minimum absolute atomic E-state index is 0.0467. The number of benzene rings is 2. The van der Waals surface area contributed by atoms with Gasteiger partial charge in [-0.05, 0) is 42.5 Å². The van der Waals surface area contributed by atoms with Crippen LogP contribution in [0.3, 0.4) is 0 Å². The summed E-state index contributed by atoms with van der Waals surface area (Å²) < 4.78 is 38.7. The zero-order valence-corrected chi connectivity index (χ0v) is 15.7. The Morgan fingerprint density at radius 3 is 2.56 bits per heavy atom. The van der Waals surface area contributed by atoms with E-state index in [9.17, 15) is 18.0 Å². The number of anilines is 2. The highest BCUT2D eigenvalue weighted by Gasteiger charge is 2.31. The van der Waals surface area contributed by atoms with E-state index in [1.165, 1.54) is 28.8 Å². The predicted octanol–water partition coefficient (Wildman–Crippen LogP) is 5.89. The van der Waals surface area contributed by atoms with Crippen molar-refractivity contribution < 1.29 is 18.0 Å². The van der Waals surface area contributed by atoms with Gasteiger partial charge in [0.1, 0.15) is 0 Å². The molecule has 3 rings (SSSR count). The number of nitrogens with zero attached hydrogens (tertiary/aromatic N) is 2. The number of amidine groups is 1. The molecule has 2 aromatic carbocycles. The number of alkyl halides is 3. The predicted molar refractivity (Wildman–Crippen MR) is 104 cm³/mol. The van der Waals surface area contributed by atoms with Gasteiger partial charge in [0, 0.05) is 16.0 Å². The number of hydrogen-bond acceptors (Lipinski definition) is 3. The molecule has 0 saturated carbocycles. The molecule has 0 saturated heterocycles. The van der Waals surface area contributed by atoms with Gasteiger partial charge in [0.2, 0.25) is 0 Å².